The molecule has 1 aromatic rings. The van der Waals surface area contributed by atoms with Crippen molar-refractivity contribution in [2.45, 2.75) is 19.8 Å². The second-order valence-electron chi connectivity index (χ2n) is 5.60. The molecular formula is C13H25N5O2S. The zero-order valence-corrected chi connectivity index (χ0v) is 13.8. The molecule has 0 saturated carbocycles. The molecular weight excluding hydrogens is 290 g/mol. The second kappa shape index (κ2) is 6.15. The Hall–Kier alpha value is -1.41. The van der Waals surface area contributed by atoms with Crippen molar-refractivity contribution in [1.29, 1.82) is 0 Å². The zero-order chi connectivity index (χ0) is 15.6. The molecule has 1 fully saturated rings. The molecule has 0 aromatic carbocycles. The van der Waals surface area contributed by atoms with Gasteiger partial charge in [-0.3, -0.25) is 4.31 Å². The van der Waals surface area contributed by atoms with E-state index >= 15 is 0 Å². The number of hydrogen-bond acceptors (Lipinski definition) is 6. The lowest BCUT2D eigenvalue weighted by molar-refractivity contribution is 0.581. The Morgan fingerprint density at radius 1 is 1.33 bits per heavy atom. The molecule has 2 rings (SSSR count). The molecule has 1 N–H and O–H groups in total. The number of nitrogens with one attached hydrogen (secondary N) is 1. The van der Waals surface area contributed by atoms with Crippen LogP contribution in [0.1, 0.15) is 26.8 Å². The third kappa shape index (κ3) is 3.62. The molecule has 21 heavy (non-hydrogen) atoms. The minimum absolute atomic E-state index is 0. The van der Waals surface area contributed by atoms with Crippen molar-refractivity contribution in [3.63, 3.8) is 0 Å². The normalized spacial score (nSPS) is 16.3. The van der Waals surface area contributed by atoms with Crippen LogP contribution >= 0.6 is 0 Å². The monoisotopic (exact) mass is 315 g/mol. The Bertz CT molecular complexity index is 602. The Morgan fingerprint density at radius 2 is 1.95 bits per heavy atom. The fraction of sp³-hybridized carbons (Fsp3) is 0.692. The van der Waals surface area contributed by atoms with Crippen LogP contribution in [0, 0.1) is 0 Å². The summed E-state index contributed by atoms with van der Waals surface area (Å²) in [5.74, 6) is 1.39. The summed E-state index contributed by atoms with van der Waals surface area (Å²) < 4.78 is 24.7. The first-order valence-corrected chi connectivity index (χ1v) is 8.92. The van der Waals surface area contributed by atoms with Gasteiger partial charge in [-0.1, -0.05) is 13.8 Å². The molecule has 0 amide bonds. The number of piperazine rings is 1. The number of nitrogens with zero attached hydrogens (tertiary/aromatic N) is 4. The van der Waals surface area contributed by atoms with Crippen molar-refractivity contribution in [3.8, 4) is 0 Å². The molecule has 0 atom stereocenters. The molecule has 120 valence electrons. The summed E-state index contributed by atoms with van der Waals surface area (Å²) >= 11 is 0. The van der Waals surface area contributed by atoms with Gasteiger partial charge in [-0.25, -0.2) is 8.42 Å². The fourth-order valence-corrected chi connectivity index (χ4v) is 2.72. The molecule has 8 heteroatoms. The van der Waals surface area contributed by atoms with Crippen LogP contribution in [0.3, 0.4) is 0 Å². The number of aromatic nitrogens is 2. The number of hydrogen-bond donors (Lipinski definition) is 1. The molecule has 0 bridgehead atoms. The third-order valence-corrected chi connectivity index (χ3v) is 4.82. The molecule has 1 aliphatic heterocycles. The van der Waals surface area contributed by atoms with Gasteiger partial charge in [0.05, 0.1) is 6.26 Å². The lowest BCUT2D eigenvalue weighted by Crippen LogP contribution is -2.44. The van der Waals surface area contributed by atoms with Gasteiger partial charge in [-0.05, 0) is 12.0 Å². The van der Waals surface area contributed by atoms with E-state index in [2.05, 4.69) is 20.4 Å². The largest absolute Gasteiger partial charge is 0.353 e. The third-order valence-electron chi connectivity index (χ3n) is 3.65. The van der Waals surface area contributed by atoms with Gasteiger partial charge >= 0.3 is 0 Å². The molecule has 0 radical (unpaired) electrons. The van der Waals surface area contributed by atoms with E-state index in [1.165, 1.54) is 17.6 Å². The highest BCUT2D eigenvalue weighted by Gasteiger charge is 2.22. The van der Waals surface area contributed by atoms with Crippen molar-refractivity contribution in [3.05, 3.63) is 11.6 Å². The van der Waals surface area contributed by atoms with Gasteiger partial charge < -0.3 is 10.2 Å². The number of sulfonamides is 1. The van der Waals surface area contributed by atoms with Gasteiger partial charge in [-0.2, -0.15) is 0 Å². The fourth-order valence-electron chi connectivity index (χ4n) is 2.26. The van der Waals surface area contributed by atoms with Crippen molar-refractivity contribution < 1.29 is 9.84 Å². The van der Waals surface area contributed by atoms with Crippen LogP contribution in [0.2, 0.25) is 0 Å². The van der Waals surface area contributed by atoms with E-state index in [0.29, 0.717) is 5.82 Å². The summed E-state index contributed by atoms with van der Waals surface area (Å²) in [6.45, 7) is 7.66. The van der Waals surface area contributed by atoms with Crippen LogP contribution in [-0.2, 0) is 10.0 Å². The van der Waals surface area contributed by atoms with E-state index < -0.39 is 10.0 Å². The first-order chi connectivity index (χ1) is 9.80. The van der Waals surface area contributed by atoms with Crippen LogP contribution < -0.4 is 14.5 Å². The summed E-state index contributed by atoms with van der Waals surface area (Å²) in [5.41, 5.74) is 0.895. The lowest BCUT2D eigenvalue weighted by atomic mass is 10.0. The maximum absolute atomic E-state index is 11.7. The first-order valence-electron chi connectivity index (χ1n) is 7.08. The Labute approximate surface area is 127 Å². The molecule has 0 aliphatic carbocycles. The number of anilines is 2. The summed E-state index contributed by atoms with van der Waals surface area (Å²) in [4.78, 5) is 2.17. The van der Waals surface area contributed by atoms with Crippen molar-refractivity contribution in [2.24, 2.45) is 0 Å². The summed E-state index contributed by atoms with van der Waals surface area (Å²) in [6, 6.07) is 1.96. The molecule has 1 aromatic heterocycles. The molecule has 1 saturated heterocycles. The van der Waals surface area contributed by atoms with E-state index in [9.17, 15) is 8.42 Å². The Morgan fingerprint density at radius 3 is 2.48 bits per heavy atom. The van der Waals surface area contributed by atoms with Gasteiger partial charge in [-0.15, -0.1) is 10.2 Å². The highest BCUT2D eigenvalue weighted by molar-refractivity contribution is 7.92. The van der Waals surface area contributed by atoms with Crippen LogP contribution in [0.25, 0.3) is 0 Å². The van der Waals surface area contributed by atoms with E-state index in [4.69, 9.17) is 0 Å². The van der Waals surface area contributed by atoms with Crippen LogP contribution in [0.5, 0.6) is 0 Å². The summed E-state index contributed by atoms with van der Waals surface area (Å²) in [5, 5.41) is 11.7. The van der Waals surface area contributed by atoms with Crippen molar-refractivity contribution >= 4 is 21.7 Å². The zero-order valence-electron chi connectivity index (χ0n) is 13.0. The summed E-state index contributed by atoms with van der Waals surface area (Å²) in [7, 11) is -1.83. The van der Waals surface area contributed by atoms with Gasteiger partial charge in [0.15, 0.2) is 11.6 Å². The molecule has 0 spiro atoms. The lowest BCUT2D eigenvalue weighted by Gasteiger charge is -2.29. The quantitative estimate of drug-likeness (QED) is 0.879. The van der Waals surface area contributed by atoms with Crippen molar-refractivity contribution in [2.75, 3.05) is 48.7 Å². The van der Waals surface area contributed by atoms with E-state index in [1.54, 1.807) is 0 Å². The molecule has 0 unspecified atom stereocenters. The second-order valence-corrected chi connectivity index (χ2v) is 7.62. The van der Waals surface area contributed by atoms with E-state index in [-0.39, 0.29) is 7.34 Å². The highest BCUT2D eigenvalue weighted by atomic mass is 32.2. The highest BCUT2D eigenvalue weighted by Crippen LogP contribution is 2.28. The van der Waals surface area contributed by atoms with Crippen LogP contribution in [0.4, 0.5) is 11.6 Å². The maximum Gasteiger partial charge on any atom is 0.233 e. The Kier molecular flexibility index (Phi) is 4.67. The number of rotatable bonds is 4. The topological polar surface area (TPSA) is 78.4 Å². The van der Waals surface area contributed by atoms with Gasteiger partial charge in [0.25, 0.3) is 0 Å². The predicted octanol–water partition coefficient (Wildman–Crippen LogP) is 0.651. The van der Waals surface area contributed by atoms with Crippen molar-refractivity contribution in [1.82, 2.24) is 15.5 Å². The molecule has 1 aliphatic rings. The smallest absolute Gasteiger partial charge is 0.233 e. The average Bonchev–Trinajstić information content (AvgIpc) is 2.45. The SMILES string of the molecule is CC(C)c1cc(N2CCNCC2)nnc1N(C)S(C)(=O)=O.[HH]. The minimum Gasteiger partial charge on any atom is -0.353 e. The van der Waals surface area contributed by atoms with E-state index in [1.807, 2.05) is 19.9 Å². The van der Waals surface area contributed by atoms with Gasteiger partial charge in [0.2, 0.25) is 10.0 Å². The maximum atomic E-state index is 11.7. The van der Waals surface area contributed by atoms with Crippen LogP contribution in [-0.4, -0.2) is 58.1 Å². The minimum atomic E-state index is -3.34. The molecule has 7 nitrogen and oxygen atoms in total. The summed E-state index contributed by atoms with van der Waals surface area (Å²) in [6.07, 6.45) is 1.17. The standard InChI is InChI=1S/C13H23N5O2S.H2/c1-10(2)11-9-12(18-7-5-14-6-8-18)15-16-13(11)17(3)21(4,19)20;/h9-10,14H,5-8H2,1-4H3;1H. The predicted molar refractivity (Wildman–Crippen MR) is 86.6 cm³/mol. The van der Waals surface area contributed by atoms with Crippen LogP contribution in [0.15, 0.2) is 6.07 Å². The van der Waals surface area contributed by atoms with Gasteiger partial charge in [0.1, 0.15) is 0 Å². The van der Waals surface area contributed by atoms with Gasteiger partial charge in [0, 0.05) is 40.2 Å². The molecule has 2 heterocycles. The first kappa shape index (κ1) is 16.0. The Balaban J connectivity index is 0.00000242. The average molecular weight is 315 g/mol. The van der Waals surface area contributed by atoms with E-state index in [0.717, 1.165) is 37.6 Å².